The molecule has 4 heteroatoms. The average molecular weight is 314 g/mol. The third-order valence-corrected chi connectivity index (χ3v) is 3.94. The first-order valence-corrected chi connectivity index (χ1v) is 8.23. The molecule has 0 fully saturated rings. The van der Waals surface area contributed by atoms with E-state index < -0.39 is 0 Å². The Kier molecular flexibility index (Phi) is 8.55. The molecule has 0 heterocycles. The van der Waals surface area contributed by atoms with Crippen molar-refractivity contribution in [2.75, 3.05) is 20.3 Å². The summed E-state index contributed by atoms with van der Waals surface area (Å²) in [5, 5.41) is 3.98. The fourth-order valence-electron chi connectivity index (χ4n) is 2.15. The van der Waals surface area contributed by atoms with Crippen molar-refractivity contribution in [2.45, 2.75) is 46.6 Å². The zero-order valence-corrected chi connectivity index (χ0v) is 14.4. The van der Waals surface area contributed by atoms with Crippen LogP contribution < -0.4 is 14.8 Å². The molecule has 1 aromatic carbocycles. The maximum Gasteiger partial charge on any atom is 0.179 e. The Labute approximate surface area is 134 Å². The molecule has 1 aromatic rings. The van der Waals surface area contributed by atoms with Crippen LogP contribution in [0.5, 0.6) is 11.5 Å². The summed E-state index contributed by atoms with van der Waals surface area (Å²) in [5.41, 5.74) is 1.11. The molecule has 0 aromatic heterocycles. The lowest BCUT2D eigenvalue weighted by molar-refractivity contribution is 0.230. The smallest absolute Gasteiger partial charge is 0.179 e. The molecule has 0 aliphatic carbocycles. The van der Waals surface area contributed by atoms with Gasteiger partial charge >= 0.3 is 0 Å². The Balaban J connectivity index is 2.79. The molecule has 0 aliphatic heterocycles. The predicted octanol–water partition coefficient (Wildman–Crippen LogP) is 4.66. The molecular weight excluding hydrogens is 286 g/mol. The normalized spacial score (nSPS) is 11.0. The van der Waals surface area contributed by atoms with E-state index in [-0.39, 0.29) is 0 Å². The van der Waals surface area contributed by atoms with Gasteiger partial charge in [-0.05, 0) is 36.6 Å². The van der Waals surface area contributed by atoms with E-state index in [1.807, 2.05) is 12.1 Å². The number of hydrogen-bond donors (Lipinski definition) is 1. The first kappa shape index (κ1) is 18.1. The summed E-state index contributed by atoms with van der Waals surface area (Å²) in [7, 11) is 1.65. The summed E-state index contributed by atoms with van der Waals surface area (Å²) in [6.07, 6.45) is 3.33. The van der Waals surface area contributed by atoms with E-state index in [1.54, 1.807) is 7.11 Å². The van der Waals surface area contributed by atoms with Crippen molar-refractivity contribution in [3.63, 3.8) is 0 Å². The molecule has 120 valence electrons. The Morgan fingerprint density at radius 2 is 1.90 bits per heavy atom. The number of benzene rings is 1. The molecule has 3 nitrogen and oxygen atoms in total. The second kappa shape index (κ2) is 9.91. The van der Waals surface area contributed by atoms with Gasteiger partial charge in [0.05, 0.1) is 18.7 Å². The van der Waals surface area contributed by atoms with Crippen LogP contribution in [0.2, 0.25) is 5.02 Å². The summed E-state index contributed by atoms with van der Waals surface area (Å²) in [4.78, 5) is 0. The van der Waals surface area contributed by atoms with E-state index in [2.05, 4.69) is 26.1 Å². The zero-order valence-electron chi connectivity index (χ0n) is 13.7. The second-order valence-electron chi connectivity index (χ2n) is 5.28. The molecule has 0 unspecified atom stereocenters. The number of nitrogens with one attached hydrogen (secondary N) is 1. The molecule has 0 atom stereocenters. The van der Waals surface area contributed by atoms with Crippen LogP contribution in [0.1, 0.15) is 45.6 Å². The Morgan fingerprint density at radius 1 is 1.19 bits per heavy atom. The van der Waals surface area contributed by atoms with Crippen molar-refractivity contribution >= 4 is 11.6 Å². The van der Waals surface area contributed by atoms with Gasteiger partial charge in [-0.3, -0.25) is 0 Å². The van der Waals surface area contributed by atoms with Crippen molar-refractivity contribution in [2.24, 2.45) is 5.92 Å². The highest BCUT2D eigenvalue weighted by atomic mass is 35.5. The molecule has 0 radical (unpaired) electrons. The van der Waals surface area contributed by atoms with Gasteiger partial charge in [-0.25, -0.2) is 0 Å². The zero-order chi connectivity index (χ0) is 15.7. The van der Waals surface area contributed by atoms with E-state index >= 15 is 0 Å². The first-order chi connectivity index (χ1) is 10.2. The minimum Gasteiger partial charge on any atom is -0.493 e. The molecule has 21 heavy (non-hydrogen) atoms. The van der Waals surface area contributed by atoms with Crippen LogP contribution >= 0.6 is 11.6 Å². The van der Waals surface area contributed by atoms with Crippen LogP contribution in [-0.2, 0) is 6.54 Å². The molecule has 0 saturated carbocycles. The van der Waals surface area contributed by atoms with E-state index in [0.717, 1.165) is 37.9 Å². The first-order valence-electron chi connectivity index (χ1n) is 7.86. The van der Waals surface area contributed by atoms with Gasteiger partial charge in [0.25, 0.3) is 0 Å². The highest BCUT2D eigenvalue weighted by Crippen LogP contribution is 2.36. The van der Waals surface area contributed by atoms with Crippen molar-refractivity contribution in [1.29, 1.82) is 0 Å². The van der Waals surface area contributed by atoms with Crippen molar-refractivity contribution in [3.8, 4) is 11.5 Å². The molecule has 0 bridgehead atoms. The SMILES string of the molecule is CCCNCc1cc(Cl)c(OCC(CC)CC)c(OC)c1. The lowest BCUT2D eigenvalue weighted by atomic mass is 10.1. The number of methoxy groups -OCH3 is 1. The van der Waals surface area contributed by atoms with E-state index in [1.165, 1.54) is 0 Å². The largest absolute Gasteiger partial charge is 0.493 e. The third kappa shape index (κ3) is 5.76. The van der Waals surface area contributed by atoms with Gasteiger partial charge in [0.2, 0.25) is 0 Å². The van der Waals surface area contributed by atoms with Gasteiger partial charge in [-0.2, -0.15) is 0 Å². The fraction of sp³-hybridized carbons (Fsp3) is 0.647. The van der Waals surface area contributed by atoms with Gasteiger partial charge in [-0.1, -0.05) is 45.2 Å². The topological polar surface area (TPSA) is 30.5 Å². The quantitative estimate of drug-likeness (QED) is 0.637. The van der Waals surface area contributed by atoms with Gasteiger partial charge in [0, 0.05) is 6.54 Å². The third-order valence-electron chi connectivity index (χ3n) is 3.66. The lowest BCUT2D eigenvalue weighted by Crippen LogP contribution is -2.14. The Bertz CT molecular complexity index is 419. The van der Waals surface area contributed by atoms with Gasteiger partial charge in [0.1, 0.15) is 0 Å². The minimum absolute atomic E-state index is 0.552. The van der Waals surface area contributed by atoms with Crippen molar-refractivity contribution < 1.29 is 9.47 Å². The van der Waals surface area contributed by atoms with Crippen LogP contribution in [0.3, 0.4) is 0 Å². The highest BCUT2D eigenvalue weighted by molar-refractivity contribution is 6.32. The summed E-state index contributed by atoms with van der Waals surface area (Å²) in [5.74, 6) is 1.92. The van der Waals surface area contributed by atoms with Crippen LogP contribution in [0, 0.1) is 5.92 Å². The van der Waals surface area contributed by atoms with Crippen LogP contribution in [-0.4, -0.2) is 20.3 Å². The van der Waals surface area contributed by atoms with Crippen LogP contribution in [0.25, 0.3) is 0 Å². The number of rotatable bonds is 10. The van der Waals surface area contributed by atoms with Gasteiger partial charge < -0.3 is 14.8 Å². The second-order valence-corrected chi connectivity index (χ2v) is 5.69. The summed E-state index contributed by atoms with van der Waals surface area (Å²) >= 11 is 6.36. The maximum absolute atomic E-state index is 6.36. The highest BCUT2D eigenvalue weighted by Gasteiger charge is 2.14. The molecule has 0 aliphatic rings. The monoisotopic (exact) mass is 313 g/mol. The number of halogens is 1. The van der Waals surface area contributed by atoms with Gasteiger partial charge in [-0.15, -0.1) is 0 Å². The van der Waals surface area contributed by atoms with E-state index in [9.17, 15) is 0 Å². The van der Waals surface area contributed by atoms with E-state index in [0.29, 0.717) is 29.0 Å². The summed E-state index contributed by atoms with van der Waals surface area (Å²) < 4.78 is 11.3. The number of hydrogen-bond acceptors (Lipinski definition) is 3. The van der Waals surface area contributed by atoms with Crippen LogP contribution in [0.4, 0.5) is 0 Å². The minimum atomic E-state index is 0.552. The average Bonchev–Trinajstić information content (AvgIpc) is 2.49. The van der Waals surface area contributed by atoms with E-state index in [4.69, 9.17) is 21.1 Å². The Hall–Kier alpha value is -0.930. The fourth-order valence-corrected chi connectivity index (χ4v) is 2.44. The molecular formula is C17H28ClNO2. The summed E-state index contributed by atoms with van der Waals surface area (Å²) in [6.45, 7) is 8.97. The van der Waals surface area contributed by atoms with Crippen LogP contribution in [0.15, 0.2) is 12.1 Å². The molecule has 1 N–H and O–H groups in total. The van der Waals surface area contributed by atoms with Gasteiger partial charge in [0.15, 0.2) is 11.5 Å². The molecule has 0 amide bonds. The van der Waals surface area contributed by atoms with Crippen molar-refractivity contribution in [1.82, 2.24) is 5.32 Å². The Morgan fingerprint density at radius 3 is 2.48 bits per heavy atom. The molecule has 1 rings (SSSR count). The molecule has 0 saturated heterocycles. The van der Waals surface area contributed by atoms with Crippen molar-refractivity contribution in [3.05, 3.63) is 22.7 Å². The standard InChI is InChI=1S/C17H28ClNO2/c1-5-8-19-11-14-9-15(18)17(16(10-14)20-4)21-12-13(6-2)7-3/h9-10,13,19H,5-8,11-12H2,1-4H3. The number of ether oxygens (including phenoxy) is 2. The summed E-state index contributed by atoms with van der Waals surface area (Å²) in [6, 6.07) is 3.95. The lowest BCUT2D eigenvalue weighted by Gasteiger charge is -2.18. The predicted molar refractivity (Wildman–Crippen MR) is 89.6 cm³/mol. The molecule has 0 spiro atoms. The maximum atomic E-state index is 6.36.